The predicted octanol–water partition coefficient (Wildman–Crippen LogP) is 2.51. The molecule has 1 aromatic carbocycles. The summed E-state index contributed by atoms with van der Waals surface area (Å²) in [5.41, 5.74) is 2.57. The molecule has 0 radical (unpaired) electrons. The molecule has 0 spiro atoms. The smallest absolute Gasteiger partial charge is 0.190 e. The van der Waals surface area contributed by atoms with Crippen LogP contribution in [-0.2, 0) is 6.42 Å². The van der Waals surface area contributed by atoms with E-state index in [1.54, 1.807) is 0 Å². The van der Waals surface area contributed by atoms with Gasteiger partial charge >= 0.3 is 0 Å². The van der Waals surface area contributed by atoms with Gasteiger partial charge in [0.05, 0.1) is 0 Å². The van der Waals surface area contributed by atoms with Crippen LogP contribution >= 0.6 is 0 Å². The molecule has 0 atom stereocenters. The Morgan fingerprint density at radius 1 is 1.10 bits per heavy atom. The summed E-state index contributed by atoms with van der Waals surface area (Å²) >= 11 is 0. The Bertz CT molecular complexity index is 421. The summed E-state index contributed by atoms with van der Waals surface area (Å²) in [5.74, 6) is 1.60. The highest BCUT2D eigenvalue weighted by Crippen LogP contribution is 2.12. The zero-order valence-corrected chi connectivity index (χ0v) is 14.1. The summed E-state index contributed by atoms with van der Waals surface area (Å²) in [5, 5.41) is 6.70. The van der Waals surface area contributed by atoms with Crippen LogP contribution in [0.25, 0.3) is 0 Å². The van der Waals surface area contributed by atoms with Crippen molar-refractivity contribution in [1.29, 1.82) is 0 Å². The number of aliphatic imine (C=N–C) groups is 1. The molecular weight excluding hydrogens is 260 g/mol. The first-order valence-corrected chi connectivity index (χ1v) is 7.73. The Balaban J connectivity index is 2.31. The van der Waals surface area contributed by atoms with Crippen molar-refractivity contribution in [3.8, 4) is 0 Å². The molecule has 0 amide bonds. The number of nitrogens with zero attached hydrogens (tertiary/aromatic N) is 2. The highest BCUT2D eigenvalue weighted by Gasteiger charge is 2.00. The normalized spacial score (nSPS) is 11.6. The number of rotatable bonds is 7. The van der Waals surface area contributed by atoms with E-state index in [0.29, 0.717) is 5.92 Å². The third kappa shape index (κ3) is 7.02. The van der Waals surface area contributed by atoms with Gasteiger partial charge in [-0.3, -0.25) is 4.99 Å². The Kier molecular flexibility index (Phi) is 7.65. The second-order valence-electron chi connectivity index (χ2n) is 5.92. The monoisotopic (exact) mass is 290 g/mol. The molecule has 118 valence electrons. The standard InChI is InChI=1S/C17H30N4/c1-14(2)10-12-19-17(18-3)20-13-11-15-6-8-16(9-7-15)21(4)5/h6-9,14H,10-13H2,1-5H3,(H2,18,19,20). The van der Waals surface area contributed by atoms with E-state index >= 15 is 0 Å². The molecule has 0 heterocycles. The molecular formula is C17H30N4. The fourth-order valence-electron chi connectivity index (χ4n) is 1.99. The van der Waals surface area contributed by atoms with Crippen LogP contribution in [0.1, 0.15) is 25.8 Å². The van der Waals surface area contributed by atoms with Crippen molar-refractivity contribution in [2.45, 2.75) is 26.7 Å². The van der Waals surface area contributed by atoms with Gasteiger partial charge in [0.15, 0.2) is 5.96 Å². The van der Waals surface area contributed by atoms with E-state index in [0.717, 1.165) is 31.9 Å². The molecule has 0 bridgehead atoms. The molecule has 0 unspecified atom stereocenters. The Morgan fingerprint density at radius 2 is 1.71 bits per heavy atom. The second kappa shape index (κ2) is 9.27. The molecule has 1 rings (SSSR count). The van der Waals surface area contributed by atoms with Crippen LogP contribution in [0.5, 0.6) is 0 Å². The molecule has 0 saturated heterocycles. The average molecular weight is 290 g/mol. The predicted molar refractivity (Wildman–Crippen MR) is 93.3 cm³/mol. The van der Waals surface area contributed by atoms with E-state index in [1.807, 2.05) is 7.05 Å². The second-order valence-corrected chi connectivity index (χ2v) is 5.92. The first-order chi connectivity index (χ1) is 10.0. The maximum absolute atomic E-state index is 4.24. The van der Waals surface area contributed by atoms with Gasteiger partial charge in [-0.1, -0.05) is 26.0 Å². The van der Waals surface area contributed by atoms with Crippen LogP contribution < -0.4 is 15.5 Å². The van der Waals surface area contributed by atoms with Crippen molar-refractivity contribution in [2.75, 3.05) is 39.1 Å². The fraction of sp³-hybridized carbons (Fsp3) is 0.588. The van der Waals surface area contributed by atoms with Gasteiger partial charge in [0.25, 0.3) is 0 Å². The van der Waals surface area contributed by atoms with Crippen molar-refractivity contribution >= 4 is 11.6 Å². The van der Waals surface area contributed by atoms with Crippen molar-refractivity contribution in [3.63, 3.8) is 0 Å². The van der Waals surface area contributed by atoms with Crippen LogP contribution in [-0.4, -0.2) is 40.2 Å². The van der Waals surface area contributed by atoms with E-state index in [-0.39, 0.29) is 0 Å². The van der Waals surface area contributed by atoms with Crippen molar-refractivity contribution in [1.82, 2.24) is 10.6 Å². The number of guanidine groups is 1. The van der Waals surface area contributed by atoms with Gasteiger partial charge in [-0.2, -0.15) is 0 Å². The number of benzene rings is 1. The first-order valence-electron chi connectivity index (χ1n) is 7.73. The van der Waals surface area contributed by atoms with E-state index in [2.05, 4.69) is 72.7 Å². The first kappa shape index (κ1) is 17.3. The van der Waals surface area contributed by atoms with E-state index < -0.39 is 0 Å². The van der Waals surface area contributed by atoms with Gasteiger partial charge in [-0.15, -0.1) is 0 Å². The molecule has 0 fully saturated rings. The van der Waals surface area contributed by atoms with Crippen LogP contribution in [0.15, 0.2) is 29.3 Å². The Labute approximate surface area is 129 Å². The van der Waals surface area contributed by atoms with Crippen molar-refractivity contribution < 1.29 is 0 Å². The van der Waals surface area contributed by atoms with Crippen molar-refractivity contribution in [3.05, 3.63) is 29.8 Å². The van der Waals surface area contributed by atoms with Gasteiger partial charge < -0.3 is 15.5 Å². The van der Waals surface area contributed by atoms with Crippen LogP contribution in [0.4, 0.5) is 5.69 Å². The lowest BCUT2D eigenvalue weighted by Crippen LogP contribution is -2.39. The SMILES string of the molecule is CN=C(NCCc1ccc(N(C)C)cc1)NCCC(C)C. The van der Waals surface area contributed by atoms with Gasteiger partial charge in [-0.05, 0) is 36.5 Å². The minimum Gasteiger partial charge on any atom is -0.378 e. The molecule has 2 N–H and O–H groups in total. The van der Waals surface area contributed by atoms with E-state index in [1.165, 1.54) is 11.3 Å². The Hall–Kier alpha value is -1.71. The van der Waals surface area contributed by atoms with Gasteiger partial charge in [0, 0.05) is 39.9 Å². The highest BCUT2D eigenvalue weighted by molar-refractivity contribution is 5.79. The van der Waals surface area contributed by atoms with Crippen molar-refractivity contribution in [2.24, 2.45) is 10.9 Å². The minimum absolute atomic E-state index is 0.714. The molecule has 0 aliphatic carbocycles. The third-order valence-corrected chi connectivity index (χ3v) is 3.40. The summed E-state index contributed by atoms with van der Waals surface area (Å²) in [7, 11) is 5.93. The zero-order valence-electron chi connectivity index (χ0n) is 14.1. The molecule has 0 aliphatic rings. The maximum atomic E-state index is 4.24. The molecule has 0 aromatic heterocycles. The number of hydrogen-bond acceptors (Lipinski definition) is 2. The lowest BCUT2D eigenvalue weighted by molar-refractivity contribution is 0.573. The largest absolute Gasteiger partial charge is 0.378 e. The van der Waals surface area contributed by atoms with Crippen LogP contribution in [0, 0.1) is 5.92 Å². The van der Waals surface area contributed by atoms with Gasteiger partial charge in [0.1, 0.15) is 0 Å². The number of anilines is 1. The minimum atomic E-state index is 0.714. The zero-order chi connectivity index (χ0) is 15.7. The molecule has 0 saturated carbocycles. The summed E-state index contributed by atoms with van der Waals surface area (Å²) < 4.78 is 0. The number of nitrogens with one attached hydrogen (secondary N) is 2. The van der Waals surface area contributed by atoms with Gasteiger partial charge in [0.2, 0.25) is 0 Å². The lowest BCUT2D eigenvalue weighted by Gasteiger charge is -2.14. The Morgan fingerprint density at radius 3 is 2.24 bits per heavy atom. The molecule has 1 aromatic rings. The van der Waals surface area contributed by atoms with Gasteiger partial charge in [-0.25, -0.2) is 0 Å². The quantitative estimate of drug-likeness (QED) is 0.599. The maximum Gasteiger partial charge on any atom is 0.190 e. The molecule has 4 nitrogen and oxygen atoms in total. The van der Waals surface area contributed by atoms with Crippen LogP contribution in [0.2, 0.25) is 0 Å². The highest BCUT2D eigenvalue weighted by atomic mass is 15.2. The summed E-state index contributed by atoms with van der Waals surface area (Å²) in [4.78, 5) is 6.35. The fourth-order valence-corrected chi connectivity index (χ4v) is 1.99. The number of hydrogen-bond donors (Lipinski definition) is 2. The molecule has 4 heteroatoms. The van der Waals surface area contributed by atoms with E-state index in [9.17, 15) is 0 Å². The van der Waals surface area contributed by atoms with Crippen LogP contribution in [0.3, 0.4) is 0 Å². The third-order valence-electron chi connectivity index (χ3n) is 3.40. The lowest BCUT2D eigenvalue weighted by atomic mass is 10.1. The summed E-state index contributed by atoms with van der Waals surface area (Å²) in [6, 6.07) is 8.69. The topological polar surface area (TPSA) is 39.7 Å². The molecule has 0 aliphatic heterocycles. The summed E-state index contributed by atoms with van der Waals surface area (Å²) in [6.07, 6.45) is 2.16. The summed E-state index contributed by atoms with van der Waals surface area (Å²) in [6.45, 7) is 6.32. The average Bonchev–Trinajstić information content (AvgIpc) is 2.45. The molecule has 21 heavy (non-hydrogen) atoms. The van der Waals surface area contributed by atoms with E-state index in [4.69, 9.17) is 0 Å².